The second-order valence-corrected chi connectivity index (χ2v) is 6.84. The molecule has 0 fully saturated rings. The highest BCUT2D eigenvalue weighted by molar-refractivity contribution is 5.86. The zero-order valence-corrected chi connectivity index (χ0v) is 15.2. The second kappa shape index (κ2) is 7.56. The average Bonchev–Trinajstić information content (AvgIpc) is 3.03. The van der Waals surface area contributed by atoms with Gasteiger partial charge in [0.1, 0.15) is 0 Å². The number of hydrogen-bond donors (Lipinski definition) is 2. The summed E-state index contributed by atoms with van der Waals surface area (Å²) >= 11 is 0. The van der Waals surface area contributed by atoms with E-state index in [0.717, 1.165) is 11.9 Å². The molecule has 3 heteroatoms. The van der Waals surface area contributed by atoms with Gasteiger partial charge in [0.25, 0.3) is 0 Å². The van der Waals surface area contributed by atoms with E-state index >= 15 is 0 Å². The summed E-state index contributed by atoms with van der Waals surface area (Å²) in [7, 11) is 0. The van der Waals surface area contributed by atoms with Gasteiger partial charge < -0.3 is 10.3 Å². The molecule has 1 heterocycles. The molecule has 0 radical (unpaired) electrons. The zero-order valence-electron chi connectivity index (χ0n) is 15.2. The number of rotatable bonds is 6. The van der Waals surface area contributed by atoms with Crippen molar-refractivity contribution in [1.29, 1.82) is 0 Å². The lowest BCUT2D eigenvalue weighted by Crippen LogP contribution is -2.33. The van der Waals surface area contributed by atoms with Gasteiger partial charge in [-0.25, -0.2) is 0 Å². The van der Waals surface area contributed by atoms with Crippen LogP contribution in [-0.4, -0.2) is 16.9 Å². The summed E-state index contributed by atoms with van der Waals surface area (Å²) in [5, 5.41) is 4.29. The molecule has 0 aliphatic carbocycles. The van der Waals surface area contributed by atoms with E-state index in [9.17, 15) is 4.79 Å². The molecule has 3 nitrogen and oxygen atoms in total. The van der Waals surface area contributed by atoms with E-state index in [2.05, 4.69) is 60.5 Å². The van der Waals surface area contributed by atoms with Gasteiger partial charge in [-0.3, -0.25) is 4.79 Å². The van der Waals surface area contributed by atoms with Crippen LogP contribution in [0.25, 0.3) is 10.9 Å². The molecule has 0 bridgehead atoms. The number of carbonyl (C=O) groups excluding carboxylic acids is 1. The van der Waals surface area contributed by atoms with Gasteiger partial charge in [0.2, 0.25) is 5.91 Å². The molecule has 1 aromatic heterocycles. The van der Waals surface area contributed by atoms with Crippen LogP contribution in [0, 0.1) is 6.92 Å². The van der Waals surface area contributed by atoms with Crippen molar-refractivity contribution in [3.05, 3.63) is 71.4 Å². The van der Waals surface area contributed by atoms with Crippen LogP contribution >= 0.6 is 0 Å². The highest BCUT2D eigenvalue weighted by Gasteiger charge is 2.22. The van der Waals surface area contributed by atoms with E-state index in [-0.39, 0.29) is 17.9 Å². The summed E-state index contributed by atoms with van der Waals surface area (Å²) in [6.07, 6.45) is 3.44. The number of fused-ring (bicyclic) bond motifs is 1. The molecule has 0 aliphatic heterocycles. The van der Waals surface area contributed by atoms with Crippen LogP contribution in [0.5, 0.6) is 0 Å². The van der Waals surface area contributed by atoms with Gasteiger partial charge in [0, 0.05) is 35.5 Å². The number of carbonyl (C=O) groups is 1. The zero-order chi connectivity index (χ0) is 17.8. The van der Waals surface area contributed by atoms with Crippen molar-refractivity contribution in [1.82, 2.24) is 10.3 Å². The van der Waals surface area contributed by atoms with Crippen LogP contribution in [0.1, 0.15) is 49.3 Å². The minimum atomic E-state index is 0.0418. The van der Waals surface area contributed by atoms with E-state index < -0.39 is 0 Å². The summed E-state index contributed by atoms with van der Waals surface area (Å²) in [4.78, 5) is 15.9. The Morgan fingerprint density at radius 1 is 1.16 bits per heavy atom. The molecule has 0 spiro atoms. The summed E-state index contributed by atoms with van der Waals surface area (Å²) in [5.74, 6) is 0.145. The molecule has 0 saturated carbocycles. The van der Waals surface area contributed by atoms with Crippen LogP contribution in [0.4, 0.5) is 0 Å². The fourth-order valence-electron chi connectivity index (χ4n) is 3.30. The Labute approximate surface area is 149 Å². The summed E-state index contributed by atoms with van der Waals surface area (Å²) in [6, 6.07) is 16.9. The molecule has 2 atom stereocenters. The second-order valence-electron chi connectivity index (χ2n) is 6.84. The molecule has 3 rings (SSSR count). The van der Waals surface area contributed by atoms with Gasteiger partial charge >= 0.3 is 0 Å². The predicted molar refractivity (Wildman–Crippen MR) is 104 cm³/mol. The van der Waals surface area contributed by atoms with E-state index in [4.69, 9.17) is 0 Å². The maximum absolute atomic E-state index is 12.6. The highest BCUT2D eigenvalue weighted by Crippen LogP contribution is 2.33. The third-order valence-corrected chi connectivity index (χ3v) is 4.85. The lowest BCUT2D eigenvalue weighted by molar-refractivity contribution is -0.121. The molecule has 25 heavy (non-hydrogen) atoms. The number of aromatic amines is 1. The third kappa shape index (κ3) is 3.93. The van der Waals surface area contributed by atoms with Gasteiger partial charge in [-0.05, 0) is 37.5 Å². The molecule has 0 aliphatic rings. The molecule has 2 unspecified atom stereocenters. The number of para-hydroxylation sites is 1. The Kier molecular flexibility index (Phi) is 5.22. The van der Waals surface area contributed by atoms with Gasteiger partial charge in [0.05, 0.1) is 0 Å². The van der Waals surface area contributed by atoms with Gasteiger partial charge in [-0.2, -0.15) is 0 Å². The van der Waals surface area contributed by atoms with Gasteiger partial charge in [0.15, 0.2) is 0 Å². The number of nitrogens with one attached hydrogen (secondary N) is 2. The number of H-pyrrole nitrogens is 1. The topological polar surface area (TPSA) is 44.9 Å². The van der Waals surface area contributed by atoms with E-state index in [1.807, 2.05) is 25.3 Å². The molecule has 130 valence electrons. The smallest absolute Gasteiger partial charge is 0.221 e. The number of benzene rings is 2. The SMILES string of the molecule is CCC(C)NC(=O)CC(c1cccc(C)c1)c1c[nH]c2ccccc12. The molecular formula is C22H26N2O. The van der Waals surface area contributed by atoms with Crippen LogP contribution in [0.15, 0.2) is 54.7 Å². The van der Waals surface area contributed by atoms with E-state index in [0.29, 0.717) is 6.42 Å². The molecule has 2 aromatic carbocycles. The van der Waals surface area contributed by atoms with E-state index in [1.54, 1.807) is 0 Å². The monoisotopic (exact) mass is 334 g/mol. The lowest BCUT2D eigenvalue weighted by Gasteiger charge is -2.19. The van der Waals surface area contributed by atoms with Crippen molar-refractivity contribution in [3.8, 4) is 0 Å². The first-order valence-corrected chi connectivity index (χ1v) is 9.00. The number of amides is 1. The van der Waals surface area contributed by atoms with Crippen LogP contribution in [0.2, 0.25) is 0 Å². The molecule has 2 N–H and O–H groups in total. The third-order valence-electron chi connectivity index (χ3n) is 4.85. The van der Waals surface area contributed by atoms with Crippen LogP contribution in [0.3, 0.4) is 0 Å². The van der Waals surface area contributed by atoms with Crippen molar-refractivity contribution in [2.24, 2.45) is 0 Å². The first kappa shape index (κ1) is 17.3. The normalized spacial score (nSPS) is 13.6. The summed E-state index contributed by atoms with van der Waals surface area (Å²) < 4.78 is 0. The maximum Gasteiger partial charge on any atom is 0.221 e. The van der Waals surface area contributed by atoms with Crippen molar-refractivity contribution in [3.63, 3.8) is 0 Å². The minimum absolute atomic E-state index is 0.0418. The largest absolute Gasteiger partial charge is 0.361 e. The van der Waals surface area contributed by atoms with Crippen molar-refractivity contribution < 1.29 is 4.79 Å². The summed E-state index contributed by atoms with van der Waals surface area (Å²) in [6.45, 7) is 6.23. The minimum Gasteiger partial charge on any atom is -0.361 e. The van der Waals surface area contributed by atoms with Crippen LogP contribution in [-0.2, 0) is 4.79 Å². The van der Waals surface area contributed by atoms with Crippen molar-refractivity contribution in [2.45, 2.75) is 45.6 Å². The predicted octanol–water partition coefficient (Wildman–Crippen LogP) is 4.91. The van der Waals surface area contributed by atoms with Gasteiger partial charge in [-0.15, -0.1) is 0 Å². The fourth-order valence-corrected chi connectivity index (χ4v) is 3.30. The Bertz CT molecular complexity index is 865. The lowest BCUT2D eigenvalue weighted by atomic mass is 9.87. The van der Waals surface area contributed by atoms with Gasteiger partial charge in [-0.1, -0.05) is 55.0 Å². The average molecular weight is 334 g/mol. The van der Waals surface area contributed by atoms with Crippen LogP contribution < -0.4 is 5.32 Å². The Morgan fingerprint density at radius 2 is 1.96 bits per heavy atom. The Balaban J connectivity index is 1.99. The number of aromatic nitrogens is 1. The molecular weight excluding hydrogens is 308 g/mol. The Hall–Kier alpha value is -2.55. The number of hydrogen-bond acceptors (Lipinski definition) is 1. The van der Waals surface area contributed by atoms with Crippen molar-refractivity contribution >= 4 is 16.8 Å². The standard InChI is InChI=1S/C22H26N2O/c1-4-16(3)24-22(25)13-19(17-9-7-8-15(2)12-17)20-14-23-21-11-6-5-10-18(20)21/h5-12,14,16,19,23H,4,13H2,1-3H3,(H,24,25). The Morgan fingerprint density at radius 3 is 2.72 bits per heavy atom. The number of aryl methyl sites for hydroxylation is 1. The van der Waals surface area contributed by atoms with E-state index in [1.165, 1.54) is 22.1 Å². The highest BCUT2D eigenvalue weighted by atomic mass is 16.1. The first-order chi connectivity index (χ1) is 12.1. The quantitative estimate of drug-likeness (QED) is 0.661. The molecule has 0 saturated heterocycles. The fraction of sp³-hybridized carbons (Fsp3) is 0.318. The summed E-state index contributed by atoms with van der Waals surface area (Å²) in [5.41, 5.74) is 4.69. The van der Waals surface area contributed by atoms with Crippen molar-refractivity contribution in [2.75, 3.05) is 0 Å². The molecule has 3 aromatic rings. The first-order valence-electron chi connectivity index (χ1n) is 9.00. The molecule has 1 amide bonds. The maximum atomic E-state index is 12.6.